The molecule has 1 aliphatic carbocycles. The molecule has 0 amide bonds. The summed E-state index contributed by atoms with van der Waals surface area (Å²) < 4.78 is 5.49. The highest BCUT2D eigenvalue weighted by Gasteiger charge is 2.39. The monoisotopic (exact) mass is 207 g/mol. The zero-order valence-corrected chi connectivity index (χ0v) is 7.87. The van der Waals surface area contributed by atoms with Crippen molar-refractivity contribution < 1.29 is 9.66 Å². The van der Waals surface area contributed by atoms with E-state index in [2.05, 4.69) is 4.99 Å². The van der Waals surface area contributed by atoms with Gasteiger partial charge in [-0.05, 0) is 28.8 Å². The fourth-order valence-corrected chi connectivity index (χ4v) is 1.38. The summed E-state index contributed by atoms with van der Waals surface area (Å²) in [6.45, 7) is 0. The van der Waals surface area contributed by atoms with Crippen LogP contribution in [-0.2, 0) is 4.74 Å². The van der Waals surface area contributed by atoms with Crippen LogP contribution in [0.2, 0.25) is 0 Å². The third-order valence-corrected chi connectivity index (χ3v) is 2.29. The number of hydrogen-bond acceptors (Lipinski definition) is 5. The first-order valence-corrected chi connectivity index (χ1v) is 4.66. The SMILES string of the molecule is N#CC1C([N+](=O)[O-])=NC=CC1OC1CC1. The molecule has 1 aliphatic heterocycles. The highest BCUT2D eigenvalue weighted by Crippen LogP contribution is 2.29. The van der Waals surface area contributed by atoms with E-state index in [1.54, 1.807) is 6.08 Å². The molecule has 0 N–H and O–H groups in total. The van der Waals surface area contributed by atoms with Crippen molar-refractivity contribution in [3.8, 4) is 6.07 Å². The van der Waals surface area contributed by atoms with E-state index in [9.17, 15) is 10.1 Å². The van der Waals surface area contributed by atoms with Gasteiger partial charge in [0, 0.05) is 0 Å². The molecule has 1 saturated carbocycles. The van der Waals surface area contributed by atoms with E-state index in [-0.39, 0.29) is 11.9 Å². The Morgan fingerprint density at radius 1 is 1.67 bits per heavy atom. The minimum atomic E-state index is -0.898. The van der Waals surface area contributed by atoms with Crippen LogP contribution in [-0.4, -0.2) is 23.0 Å². The average Bonchev–Trinajstić information content (AvgIpc) is 3.01. The zero-order chi connectivity index (χ0) is 10.8. The first-order valence-electron chi connectivity index (χ1n) is 4.66. The third-order valence-electron chi connectivity index (χ3n) is 2.29. The van der Waals surface area contributed by atoms with Crippen LogP contribution in [0, 0.1) is 27.4 Å². The van der Waals surface area contributed by atoms with E-state index in [0.29, 0.717) is 0 Å². The van der Waals surface area contributed by atoms with Crippen LogP contribution in [0.25, 0.3) is 0 Å². The molecule has 0 aromatic rings. The minimum absolute atomic E-state index is 0.154. The molecule has 0 radical (unpaired) electrons. The Hall–Kier alpha value is -1.74. The molecule has 1 fully saturated rings. The first kappa shape index (κ1) is 9.80. The van der Waals surface area contributed by atoms with Crippen LogP contribution in [0.3, 0.4) is 0 Å². The molecule has 6 nitrogen and oxygen atoms in total. The summed E-state index contributed by atoms with van der Waals surface area (Å²) in [6, 6.07) is 1.87. The van der Waals surface area contributed by atoms with Gasteiger partial charge in [-0.25, -0.2) is 0 Å². The fourth-order valence-electron chi connectivity index (χ4n) is 1.38. The smallest absolute Gasteiger partial charge is 0.358 e. The highest BCUT2D eigenvalue weighted by molar-refractivity contribution is 5.81. The second-order valence-corrected chi connectivity index (χ2v) is 3.49. The van der Waals surface area contributed by atoms with Crippen molar-refractivity contribution in [3.63, 3.8) is 0 Å². The summed E-state index contributed by atoms with van der Waals surface area (Å²) >= 11 is 0. The lowest BCUT2D eigenvalue weighted by Gasteiger charge is -2.17. The molecule has 2 unspecified atom stereocenters. The van der Waals surface area contributed by atoms with E-state index in [0.717, 1.165) is 12.8 Å². The predicted octanol–water partition coefficient (Wildman–Crippen LogP) is 0.876. The number of hydrogen-bond donors (Lipinski definition) is 0. The fraction of sp³-hybridized carbons (Fsp3) is 0.556. The number of rotatable bonds is 2. The maximum atomic E-state index is 10.6. The van der Waals surface area contributed by atoms with Crippen molar-refractivity contribution >= 4 is 5.84 Å². The van der Waals surface area contributed by atoms with Crippen LogP contribution in [0.15, 0.2) is 17.3 Å². The Bertz CT molecular complexity index is 379. The first-order chi connectivity index (χ1) is 7.22. The van der Waals surface area contributed by atoms with Gasteiger partial charge in [0.2, 0.25) is 0 Å². The standard InChI is InChI=1S/C9H9N3O3/c10-5-7-8(15-6-1-2-6)3-4-11-9(7)12(13)14/h3-4,6-8H,1-2H2. The molecule has 2 rings (SSSR count). The predicted molar refractivity (Wildman–Crippen MR) is 50.6 cm³/mol. The lowest BCUT2D eigenvalue weighted by Crippen LogP contribution is -2.35. The van der Waals surface area contributed by atoms with Gasteiger partial charge in [-0.15, -0.1) is 0 Å². The Kier molecular flexibility index (Phi) is 2.47. The van der Waals surface area contributed by atoms with Crippen LogP contribution in [0.5, 0.6) is 0 Å². The van der Waals surface area contributed by atoms with Gasteiger partial charge in [0.05, 0.1) is 12.2 Å². The van der Waals surface area contributed by atoms with Gasteiger partial charge in [0.25, 0.3) is 0 Å². The number of amidine groups is 1. The van der Waals surface area contributed by atoms with Crippen molar-refractivity contribution in [2.24, 2.45) is 10.9 Å². The molecule has 15 heavy (non-hydrogen) atoms. The molecule has 1 heterocycles. The van der Waals surface area contributed by atoms with E-state index >= 15 is 0 Å². The normalized spacial score (nSPS) is 29.4. The zero-order valence-electron chi connectivity index (χ0n) is 7.87. The topological polar surface area (TPSA) is 88.5 Å². The summed E-state index contributed by atoms with van der Waals surface area (Å²) in [5.74, 6) is -1.23. The van der Waals surface area contributed by atoms with Crippen molar-refractivity contribution in [2.45, 2.75) is 25.0 Å². The van der Waals surface area contributed by atoms with Crippen LogP contribution >= 0.6 is 0 Å². The quantitative estimate of drug-likeness (QED) is 0.496. The summed E-state index contributed by atoms with van der Waals surface area (Å²) in [5, 5.41) is 19.5. The molecule has 6 heteroatoms. The Morgan fingerprint density at radius 3 is 2.93 bits per heavy atom. The molecule has 0 bridgehead atoms. The molecule has 0 aromatic heterocycles. The molecule has 78 valence electrons. The van der Waals surface area contributed by atoms with E-state index in [1.807, 2.05) is 6.07 Å². The maximum Gasteiger partial charge on any atom is 0.358 e. The van der Waals surface area contributed by atoms with Crippen molar-refractivity contribution in [2.75, 3.05) is 0 Å². The van der Waals surface area contributed by atoms with Gasteiger partial charge < -0.3 is 14.9 Å². The lowest BCUT2D eigenvalue weighted by atomic mass is 10.0. The number of nitriles is 1. The molecule has 2 atom stereocenters. The Morgan fingerprint density at radius 2 is 2.40 bits per heavy atom. The number of aliphatic imine (C=N–C) groups is 1. The van der Waals surface area contributed by atoms with Crippen LogP contribution in [0.1, 0.15) is 12.8 Å². The number of nitro groups is 1. The highest BCUT2D eigenvalue weighted by atomic mass is 16.6. The van der Waals surface area contributed by atoms with E-state index < -0.39 is 16.9 Å². The summed E-state index contributed by atoms with van der Waals surface area (Å²) in [5.41, 5.74) is 0. The summed E-state index contributed by atoms with van der Waals surface area (Å²) in [7, 11) is 0. The Balaban J connectivity index is 2.14. The second kappa shape index (κ2) is 3.79. The van der Waals surface area contributed by atoms with Gasteiger partial charge in [0.15, 0.2) is 5.92 Å². The molecular formula is C9H9N3O3. The van der Waals surface area contributed by atoms with E-state index in [4.69, 9.17) is 10.00 Å². The van der Waals surface area contributed by atoms with Crippen molar-refractivity contribution in [1.82, 2.24) is 0 Å². The van der Waals surface area contributed by atoms with Crippen molar-refractivity contribution in [3.05, 3.63) is 22.4 Å². The minimum Gasteiger partial charge on any atom is -0.369 e. The number of ether oxygens (including phenoxy) is 1. The maximum absolute atomic E-state index is 10.6. The second-order valence-electron chi connectivity index (χ2n) is 3.49. The molecule has 0 spiro atoms. The summed E-state index contributed by atoms with van der Waals surface area (Å²) in [6.07, 6.45) is 4.49. The van der Waals surface area contributed by atoms with Crippen molar-refractivity contribution in [1.29, 1.82) is 5.26 Å². The third kappa shape index (κ3) is 2.02. The van der Waals surface area contributed by atoms with E-state index in [1.165, 1.54) is 6.20 Å². The number of nitrogens with zero attached hydrogens (tertiary/aromatic N) is 3. The van der Waals surface area contributed by atoms with Crippen LogP contribution in [0.4, 0.5) is 0 Å². The Labute approximate surface area is 86.0 Å². The van der Waals surface area contributed by atoms with Crippen LogP contribution < -0.4 is 0 Å². The molecule has 0 aromatic carbocycles. The molecule has 2 aliphatic rings. The molecule has 0 saturated heterocycles. The van der Waals surface area contributed by atoms with Gasteiger partial charge in [0.1, 0.15) is 12.3 Å². The van der Waals surface area contributed by atoms with Gasteiger partial charge in [-0.1, -0.05) is 0 Å². The lowest BCUT2D eigenvalue weighted by molar-refractivity contribution is -0.357. The molecular weight excluding hydrogens is 198 g/mol. The largest absolute Gasteiger partial charge is 0.369 e. The van der Waals surface area contributed by atoms with Gasteiger partial charge in [-0.3, -0.25) is 0 Å². The van der Waals surface area contributed by atoms with Gasteiger partial charge >= 0.3 is 5.84 Å². The average molecular weight is 207 g/mol. The van der Waals surface area contributed by atoms with Gasteiger partial charge in [-0.2, -0.15) is 5.26 Å². The summed E-state index contributed by atoms with van der Waals surface area (Å²) in [4.78, 5) is 13.6.